The van der Waals surface area contributed by atoms with Gasteiger partial charge in [-0.25, -0.2) is 13.9 Å². The van der Waals surface area contributed by atoms with Crippen LogP contribution >= 0.6 is 0 Å². The fourth-order valence-corrected chi connectivity index (χ4v) is 2.18. The second-order valence-electron chi connectivity index (χ2n) is 4.49. The monoisotopic (exact) mass is 282 g/mol. The summed E-state index contributed by atoms with van der Waals surface area (Å²) >= 11 is 0. The highest BCUT2D eigenvalue weighted by Crippen LogP contribution is 2.22. The zero-order chi connectivity index (χ0) is 14.8. The summed E-state index contributed by atoms with van der Waals surface area (Å²) in [6.45, 7) is 0. The van der Waals surface area contributed by atoms with Gasteiger partial charge in [-0.1, -0.05) is 18.2 Å². The van der Waals surface area contributed by atoms with Crippen molar-refractivity contribution in [3.63, 3.8) is 0 Å². The van der Waals surface area contributed by atoms with Gasteiger partial charge in [-0.05, 0) is 30.3 Å². The average molecular weight is 282 g/mol. The van der Waals surface area contributed by atoms with Gasteiger partial charge in [0.05, 0.1) is 17.4 Å². The number of aliphatic carboxylic acids is 1. The molecule has 0 aliphatic carbocycles. The standard InChI is InChI=1S/C16H11FN2O2/c17-13-6-7-15(11(9-13)5-8-16(20)21)19-14-4-2-1-3-12(14)10-18-19/h1-10H,(H,20,21). The highest BCUT2D eigenvalue weighted by Gasteiger charge is 2.09. The Kier molecular flexibility index (Phi) is 3.23. The van der Waals surface area contributed by atoms with E-state index in [0.717, 1.165) is 17.0 Å². The van der Waals surface area contributed by atoms with Crippen molar-refractivity contribution >= 4 is 22.9 Å². The maximum absolute atomic E-state index is 13.4. The molecule has 1 heterocycles. The van der Waals surface area contributed by atoms with Crippen molar-refractivity contribution in [3.8, 4) is 5.69 Å². The van der Waals surface area contributed by atoms with E-state index >= 15 is 0 Å². The van der Waals surface area contributed by atoms with E-state index in [1.807, 2.05) is 24.3 Å². The molecule has 2 aromatic carbocycles. The number of benzene rings is 2. The predicted molar refractivity (Wildman–Crippen MR) is 77.7 cm³/mol. The van der Waals surface area contributed by atoms with E-state index < -0.39 is 11.8 Å². The molecule has 1 aromatic heterocycles. The first-order valence-electron chi connectivity index (χ1n) is 6.29. The fraction of sp³-hybridized carbons (Fsp3) is 0. The zero-order valence-electron chi connectivity index (χ0n) is 10.9. The number of carboxylic acid groups (broad SMARTS) is 1. The van der Waals surface area contributed by atoms with Gasteiger partial charge in [-0.15, -0.1) is 0 Å². The second-order valence-corrected chi connectivity index (χ2v) is 4.49. The van der Waals surface area contributed by atoms with Crippen LogP contribution in [0.4, 0.5) is 4.39 Å². The average Bonchev–Trinajstić information content (AvgIpc) is 2.89. The molecule has 0 bridgehead atoms. The minimum Gasteiger partial charge on any atom is -0.478 e. The third kappa shape index (κ3) is 2.53. The first kappa shape index (κ1) is 13.1. The molecule has 104 valence electrons. The largest absolute Gasteiger partial charge is 0.478 e. The van der Waals surface area contributed by atoms with Gasteiger partial charge in [0.1, 0.15) is 5.82 Å². The van der Waals surface area contributed by atoms with Crippen molar-refractivity contribution < 1.29 is 14.3 Å². The molecule has 1 N–H and O–H groups in total. The van der Waals surface area contributed by atoms with Gasteiger partial charge in [-0.3, -0.25) is 0 Å². The summed E-state index contributed by atoms with van der Waals surface area (Å²) in [5, 5.41) is 14.0. The van der Waals surface area contributed by atoms with E-state index in [0.29, 0.717) is 11.3 Å². The number of hydrogen-bond acceptors (Lipinski definition) is 2. The van der Waals surface area contributed by atoms with Gasteiger partial charge in [-0.2, -0.15) is 5.10 Å². The lowest BCUT2D eigenvalue weighted by Gasteiger charge is -2.08. The lowest BCUT2D eigenvalue weighted by atomic mass is 10.1. The summed E-state index contributed by atoms with van der Waals surface area (Å²) in [6, 6.07) is 11.8. The Labute approximate surface area is 119 Å². The van der Waals surface area contributed by atoms with Gasteiger partial charge in [0.15, 0.2) is 0 Å². The lowest BCUT2D eigenvalue weighted by Crippen LogP contribution is -1.99. The molecule has 0 aliphatic heterocycles. The number of carboxylic acids is 1. The van der Waals surface area contributed by atoms with Crippen LogP contribution in [0.2, 0.25) is 0 Å². The summed E-state index contributed by atoms with van der Waals surface area (Å²) in [4.78, 5) is 10.7. The maximum Gasteiger partial charge on any atom is 0.328 e. The minimum atomic E-state index is -1.09. The normalized spacial score (nSPS) is 11.3. The number of fused-ring (bicyclic) bond motifs is 1. The third-order valence-corrected chi connectivity index (χ3v) is 3.10. The van der Waals surface area contributed by atoms with E-state index in [-0.39, 0.29) is 0 Å². The SMILES string of the molecule is O=C(O)C=Cc1cc(F)ccc1-n1ncc2ccccc21. The number of halogens is 1. The number of carbonyl (C=O) groups is 1. The molecule has 3 rings (SSSR count). The molecule has 0 saturated heterocycles. The van der Waals surface area contributed by atoms with Crippen molar-refractivity contribution in [1.82, 2.24) is 9.78 Å². The topological polar surface area (TPSA) is 55.1 Å². The molecule has 0 amide bonds. The third-order valence-electron chi connectivity index (χ3n) is 3.10. The Morgan fingerprint density at radius 1 is 1.24 bits per heavy atom. The van der Waals surface area contributed by atoms with Crippen LogP contribution in [-0.2, 0) is 4.79 Å². The van der Waals surface area contributed by atoms with Crippen LogP contribution in [0.1, 0.15) is 5.56 Å². The van der Waals surface area contributed by atoms with E-state index in [4.69, 9.17) is 5.11 Å². The van der Waals surface area contributed by atoms with Crippen molar-refractivity contribution in [2.75, 3.05) is 0 Å². The highest BCUT2D eigenvalue weighted by atomic mass is 19.1. The van der Waals surface area contributed by atoms with Gasteiger partial charge in [0.2, 0.25) is 0 Å². The Balaban J connectivity index is 2.20. The van der Waals surface area contributed by atoms with Crippen molar-refractivity contribution in [3.05, 3.63) is 66.1 Å². The number of para-hydroxylation sites is 1. The van der Waals surface area contributed by atoms with Crippen LogP contribution in [0.25, 0.3) is 22.7 Å². The summed E-state index contributed by atoms with van der Waals surface area (Å²) in [5.41, 5.74) is 1.94. The van der Waals surface area contributed by atoms with E-state index in [1.165, 1.54) is 18.2 Å². The van der Waals surface area contributed by atoms with Gasteiger partial charge in [0.25, 0.3) is 0 Å². The molecule has 0 fully saturated rings. The van der Waals surface area contributed by atoms with Gasteiger partial charge >= 0.3 is 5.97 Å². The van der Waals surface area contributed by atoms with Crippen LogP contribution < -0.4 is 0 Å². The van der Waals surface area contributed by atoms with Crippen LogP contribution in [0, 0.1) is 5.82 Å². The van der Waals surface area contributed by atoms with Crippen LogP contribution in [-0.4, -0.2) is 20.9 Å². The maximum atomic E-state index is 13.4. The van der Waals surface area contributed by atoms with Crippen LogP contribution in [0.15, 0.2) is 54.7 Å². The number of hydrogen-bond donors (Lipinski definition) is 1. The Morgan fingerprint density at radius 3 is 2.86 bits per heavy atom. The molecule has 0 radical (unpaired) electrons. The second kappa shape index (κ2) is 5.20. The van der Waals surface area contributed by atoms with E-state index in [2.05, 4.69) is 5.10 Å². The smallest absolute Gasteiger partial charge is 0.328 e. The van der Waals surface area contributed by atoms with E-state index in [9.17, 15) is 9.18 Å². The Morgan fingerprint density at radius 2 is 2.05 bits per heavy atom. The van der Waals surface area contributed by atoms with Crippen molar-refractivity contribution in [1.29, 1.82) is 0 Å². The first-order valence-corrected chi connectivity index (χ1v) is 6.29. The van der Waals surface area contributed by atoms with Gasteiger partial charge < -0.3 is 5.11 Å². The van der Waals surface area contributed by atoms with Crippen molar-refractivity contribution in [2.24, 2.45) is 0 Å². The Bertz CT molecular complexity index is 852. The number of aromatic nitrogens is 2. The minimum absolute atomic E-state index is 0.430. The molecule has 0 spiro atoms. The molecule has 4 nitrogen and oxygen atoms in total. The number of rotatable bonds is 3. The summed E-state index contributed by atoms with van der Waals surface area (Å²) < 4.78 is 15.1. The molecule has 0 atom stereocenters. The quantitative estimate of drug-likeness (QED) is 0.750. The number of nitrogens with zero attached hydrogens (tertiary/aromatic N) is 2. The highest BCUT2D eigenvalue weighted by molar-refractivity contribution is 5.87. The molecule has 21 heavy (non-hydrogen) atoms. The van der Waals surface area contributed by atoms with Gasteiger partial charge in [0, 0.05) is 17.0 Å². The zero-order valence-corrected chi connectivity index (χ0v) is 10.9. The molecule has 0 aliphatic rings. The van der Waals surface area contributed by atoms with Crippen LogP contribution in [0.3, 0.4) is 0 Å². The molecular formula is C16H11FN2O2. The molecular weight excluding hydrogens is 271 g/mol. The lowest BCUT2D eigenvalue weighted by molar-refractivity contribution is -0.131. The summed E-state index contributed by atoms with van der Waals surface area (Å²) in [6.07, 6.45) is 4.05. The first-order chi connectivity index (χ1) is 10.1. The van der Waals surface area contributed by atoms with Crippen molar-refractivity contribution in [2.45, 2.75) is 0 Å². The molecule has 3 aromatic rings. The predicted octanol–water partition coefficient (Wildman–Crippen LogP) is 3.26. The Hall–Kier alpha value is -2.95. The van der Waals surface area contributed by atoms with E-state index in [1.54, 1.807) is 16.9 Å². The van der Waals surface area contributed by atoms with Crippen LogP contribution in [0.5, 0.6) is 0 Å². The molecule has 0 saturated carbocycles. The fourth-order valence-electron chi connectivity index (χ4n) is 2.18. The molecule has 0 unspecified atom stereocenters. The summed E-state index contributed by atoms with van der Waals surface area (Å²) in [5.74, 6) is -1.52. The summed E-state index contributed by atoms with van der Waals surface area (Å²) in [7, 11) is 0. The molecule has 5 heteroatoms.